The second-order valence-electron chi connectivity index (χ2n) is 6.03. The molecule has 0 saturated heterocycles. The van der Waals surface area contributed by atoms with Crippen LogP contribution in [0, 0.1) is 0 Å². The van der Waals surface area contributed by atoms with Gasteiger partial charge in [-0.2, -0.15) is 0 Å². The number of benzene rings is 1. The maximum atomic E-state index is 9.75. The van der Waals surface area contributed by atoms with Gasteiger partial charge in [-0.05, 0) is 44.5 Å². The molecule has 18 heavy (non-hydrogen) atoms. The van der Waals surface area contributed by atoms with Gasteiger partial charge < -0.3 is 10.4 Å². The fraction of sp³-hybridized carbons (Fsp3) is 0.625. The molecular weight excluding hydrogens is 222 g/mol. The molecule has 2 unspecified atom stereocenters. The first-order chi connectivity index (χ1) is 8.52. The quantitative estimate of drug-likeness (QED) is 0.783. The molecule has 0 bridgehead atoms. The van der Waals surface area contributed by atoms with Crippen LogP contribution in [0.3, 0.4) is 0 Å². The van der Waals surface area contributed by atoms with Crippen LogP contribution in [0.4, 0.5) is 0 Å². The first-order valence-corrected chi connectivity index (χ1v) is 7.00. The minimum atomic E-state index is 0.0803. The van der Waals surface area contributed by atoms with Crippen molar-refractivity contribution in [1.29, 1.82) is 0 Å². The van der Waals surface area contributed by atoms with Crippen LogP contribution < -0.4 is 5.32 Å². The van der Waals surface area contributed by atoms with Crippen molar-refractivity contribution in [1.82, 2.24) is 5.32 Å². The van der Waals surface area contributed by atoms with Crippen LogP contribution in [0.5, 0.6) is 5.75 Å². The lowest BCUT2D eigenvalue weighted by atomic mass is 9.64. The van der Waals surface area contributed by atoms with E-state index < -0.39 is 0 Å². The van der Waals surface area contributed by atoms with E-state index in [1.165, 1.54) is 37.7 Å². The summed E-state index contributed by atoms with van der Waals surface area (Å²) in [6.45, 7) is 4.66. The fourth-order valence-electron chi connectivity index (χ4n) is 3.40. The van der Waals surface area contributed by atoms with Crippen molar-refractivity contribution in [2.75, 3.05) is 7.05 Å². The summed E-state index contributed by atoms with van der Waals surface area (Å²) in [5, 5.41) is 13.3. The van der Waals surface area contributed by atoms with E-state index in [-0.39, 0.29) is 11.0 Å². The van der Waals surface area contributed by atoms with Crippen molar-refractivity contribution >= 4 is 0 Å². The Balaban J connectivity index is 2.47. The first kappa shape index (κ1) is 13.4. The third kappa shape index (κ3) is 2.14. The third-order valence-electron chi connectivity index (χ3n) is 5.11. The van der Waals surface area contributed by atoms with Crippen molar-refractivity contribution in [3.05, 3.63) is 29.8 Å². The number of phenols is 1. The Kier molecular flexibility index (Phi) is 3.67. The van der Waals surface area contributed by atoms with Crippen molar-refractivity contribution in [2.24, 2.45) is 0 Å². The number of hydrogen-bond acceptors (Lipinski definition) is 2. The Morgan fingerprint density at radius 3 is 2.50 bits per heavy atom. The number of rotatable bonds is 2. The van der Waals surface area contributed by atoms with E-state index in [1.807, 2.05) is 12.1 Å². The van der Waals surface area contributed by atoms with Crippen LogP contribution in [-0.4, -0.2) is 17.7 Å². The maximum Gasteiger partial charge on any atom is 0.115 e. The molecule has 100 valence electrons. The van der Waals surface area contributed by atoms with Gasteiger partial charge in [-0.25, -0.2) is 0 Å². The lowest BCUT2D eigenvalue weighted by Gasteiger charge is -2.46. The molecule has 1 aromatic carbocycles. The average Bonchev–Trinajstić information content (AvgIpc) is 2.51. The van der Waals surface area contributed by atoms with Crippen LogP contribution >= 0.6 is 0 Å². The molecule has 1 aromatic rings. The number of phenolic OH excluding ortho intramolecular Hbond substituents is 1. The van der Waals surface area contributed by atoms with E-state index in [0.717, 1.165) is 0 Å². The number of likely N-dealkylation sites (N-methyl/N-ethyl adjacent to an activating group) is 1. The topological polar surface area (TPSA) is 32.3 Å². The average molecular weight is 247 g/mol. The molecule has 1 aliphatic carbocycles. The van der Waals surface area contributed by atoms with Crippen LogP contribution in [0.2, 0.25) is 0 Å². The van der Waals surface area contributed by atoms with E-state index in [2.05, 4.69) is 32.3 Å². The van der Waals surface area contributed by atoms with Crippen LogP contribution in [-0.2, 0) is 5.41 Å². The summed E-state index contributed by atoms with van der Waals surface area (Å²) < 4.78 is 0. The number of aromatic hydroxyl groups is 1. The second kappa shape index (κ2) is 4.93. The molecule has 1 saturated carbocycles. The summed E-state index contributed by atoms with van der Waals surface area (Å²) in [6.07, 6.45) is 6.23. The zero-order valence-electron chi connectivity index (χ0n) is 11.8. The Hall–Kier alpha value is -1.02. The van der Waals surface area contributed by atoms with Crippen LogP contribution in [0.1, 0.15) is 51.5 Å². The maximum absolute atomic E-state index is 9.75. The van der Waals surface area contributed by atoms with Crippen molar-refractivity contribution in [2.45, 2.75) is 56.9 Å². The summed E-state index contributed by atoms with van der Waals surface area (Å²) >= 11 is 0. The second-order valence-corrected chi connectivity index (χ2v) is 6.03. The lowest BCUT2D eigenvalue weighted by Crippen LogP contribution is -2.55. The zero-order valence-corrected chi connectivity index (χ0v) is 11.8. The highest BCUT2D eigenvalue weighted by molar-refractivity contribution is 5.36. The molecule has 2 N–H and O–H groups in total. The van der Waals surface area contributed by atoms with Gasteiger partial charge in [-0.1, -0.05) is 38.3 Å². The predicted molar refractivity (Wildman–Crippen MR) is 76.0 cm³/mol. The van der Waals surface area contributed by atoms with Gasteiger partial charge >= 0.3 is 0 Å². The highest BCUT2D eigenvalue weighted by atomic mass is 16.3. The molecule has 0 heterocycles. The fourth-order valence-corrected chi connectivity index (χ4v) is 3.40. The number of nitrogens with one attached hydrogen (secondary N) is 1. The molecule has 0 aromatic heterocycles. The van der Waals surface area contributed by atoms with Gasteiger partial charge in [-0.3, -0.25) is 0 Å². The third-order valence-corrected chi connectivity index (χ3v) is 5.11. The minimum Gasteiger partial charge on any atom is -0.508 e. The van der Waals surface area contributed by atoms with E-state index in [1.54, 1.807) is 6.07 Å². The molecule has 2 nitrogen and oxygen atoms in total. The normalized spacial score (nSPS) is 33.1. The Morgan fingerprint density at radius 2 is 1.83 bits per heavy atom. The van der Waals surface area contributed by atoms with Gasteiger partial charge in [0, 0.05) is 11.0 Å². The summed E-state index contributed by atoms with van der Waals surface area (Å²) in [5.41, 5.74) is 1.43. The first-order valence-electron chi connectivity index (χ1n) is 7.00. The Morgan fingerprint density at radius 1 is 1.11 bits per heavy atom. The Bertz CT molecular complexity index is 417. The highest BCUT2D eigenvalue weighted by Crippen LogP contribution is 2.45. The van der Waals surface area contributed by atoms with Crippen molar-refractivity contribution in [3.63, 3.8) is 0 Å². The monoisotopic (exact) mass is 247 g/mol. The SMILES string of the molecule is CNC1(C)CCCCCC1(C)c1cccc(O)c1. The van der Waals surface area contributed by atoms with Gasteiger partial charge in [0.05, 0.1) is 0 Å². The molecule has 2 rings (SSSR count). The van der Waals surface area contributed by atoms with Crippen LogP contribution in [0.15, 0.2) is 24.3 Å². The highest BCUT2D eigenvalue weighted by Gasteiger charge is 2.45. The molecule has 0 aliphatic heterocycles. The van der Waals surface area contributed by atoms with E-state index >= 15 is 0 Å². The van der Waals surface area contributed by atoms with Crippen molar-refractivity contribution < 1.29 is 5.11 Å². The van der Waals surface area contributed by atoms with Gasteiger partial charge in [0.2, 0.25) is 0 Å². The molecule has 2 heteroatoms. The summed E-state index contributed by atoms with van der Waals surface area (Å²) in [7, 11) is 2.06. The minimum absolute atomic E-state index is 0.0803. The molecule has 2 atom stereocenters. The summed E-state index contributed by atoms with van der Waals surface area (Å²) in [4.78, 5) is 0. The largest absolute Gasteiger partial charge is 0.508 e. The summed E-state index contributed by atoms with van der Waals surface area (Å²) in [6, 6.07) is 7.79. The summed E-state index contributed by atoms with van der Waals surface area (Å²) in [5.74, 6) is 0.372. The number of hydrogen-bond donors (Lipinski definition) is 2. The smallest absolute Gasteiger partial charge is 0.115 e. The standard InChI is InChI=1S/C16H25NO/c1-15(13-8-7-9-14(18)12-13)10-5-4-6-11-16(15,2)17-3/h7-9,12,17-18H,4-6,10-11H2,1-3H3. The Labute approximate surface area is 110 Å². The molecule has 1 aliphatic rings. The van der Waals surface area contributed by atoms with Gasteiger partial charge in [0.1, 0.15) is 5.75 Å². The van der Waals surface area contributed by atoms with E-state index in [9.17, 15) is 5.11 Å². The molecular formula is C16H25NO. The zero-order chi connectivity index (χ0) is 13.2. The molecule has 0 amide bonds. The predicted octanol–water partition coefficient (Wildman–Crippen LogP) is 3.59. The molecule has 0 spiro atoms. The van der Waals surface area contributed by atoms with Crippen molar-refractivity contribution in [3.8, 4) is 5.75 Å². The van der Waals surface area contributed by atoms with Gasteiger partial charge in [0.25, 0.3) is 0 Å². The lowest BCUT2D eigenvalue weighted by molar-refractivity contribution is 0.196. The molecule has 1 fully saturated rings. The van der Waals surface area contributed by atoms with E-state index in [0.29, 0.717) is 5.75 Å². The molecule has 0 radical (unpaired) electrons. The van der Waals surface area contributed by atoms with Gasteiger partial charge in [-0.15, -0.1) is 0 Å². The van der Waals surface area contributed by atoms with Gasteiger partial charge in [0.15, 0.2) is 0 Å². The van der Waals surface area contributed by atoms with Crippen LogP contribution in [0.25, 0.3) is 0 Å². The van der Waals surface area contributed by atoms with E-state index in [4.69, 9.17) is 0 Å².